The van der Waals surface area contributed by atoms with Crippen molar-refractivity contribution in [1.29, 1.82) is 0 Å². The summed E-state index contributed by atoms with van der Waals surface area (Å²) in [6.07, 6.45) is 1.31. The summed E-state index contributed by atoms with van der Waals surface area (Å²) in [5, 5.41) is 27.4. The van der Waals surface area contributed by atoms with E-state index in [-0.39, 0.29) is 22.8 Å². The van der Waals surface area contributed by atoms with Gasteiger partial charge >= 0.3 is 5.97 Å². The summed E-state index contributed by atoms with van der Waals surface area (Å²) in [7, 11) is 0. The highest BCUT2D eigenvalue weighted by atomic mass is 35.5. The van der Waals surface area contributed by atoms with E-state index in [0.29, 0.717) is 5.69 Å². The van der Waals surface area contributed by atoms with Gasteiger partial charge in [-0.15, -0.1) is 5.10 Å². The molecule has 2 rings (SSSR count). The summed E-state index contributed by atoms with van der Waals surface area (Å²) in [6.45, 7) is 0. The SMILES string of the molecule is NC(Cc1cn(-c2c(Cl)cccc2[N+](=O)[O-])nn1)C(=O)O. The summed E-state index contributed by atoms with van der Waals surface area (Å²) in [5.74, 6) is -1.17. The van der Waals surface area contributed by atoms with Gasteiger partial charge in [0.05, 0.1) is 21.8 Å². The number of hydrogen-bond donors (Lipinski definition) is 2. The van der Waals surface area contributed by atoms with Crippen LogP contribution in [0.3, 0.4) is 0 Å². The van der Waals surface area contributed by atoms with E-state index in [9.17, 15) is 14.9 Å². The van der Waals surface area contributed by atoms with Crippen molar-refractivity contribution >= 4 is 23.3 Å². The Bertz CT molecular complexity index is 702. The molecule has 0 aliphatic carbocycles. The van der Waals surface area contributed by atoms with Gasteiger partial charge < -0.3 is 10.8 Å². The topological polar surface area (TPSA) is 137 Å². The molecule has 10 heteroatoms. The Labute approximate surface area is 123 Å². The Balaban J connectivity index is 2.38. The van der Waals surface area contributed by atoms with Crippen LogP contribution in [-0.4, -0.2) is 37.0 Å². The lowest BCUT2D eigenvalue weighted by Gasteiger charge is -2.04. The molecular formula is C11H10ClN5O4. The minimum Gasteiger partial charge on any atom is -0.480 e. The number of nitrogens with two attached hydrogens (primary N) is 1. The molecule has 1 atom stereocenters. The Kier molecular flexibility index (Phi) is 4.15. The van der Waals surface area contributed by atoms with Crippen molar-refractivity contribution in [2.75, 3.05) is 0 Å². The van der Waals surface area contributed by atoms with E-state index in [4.69, 9.17) is 22.4 Å². The van der Waals surface area contributed by atoms with Crippen LogP contribution in [0.15, 0.2) is 24.4 Å². The lowest BCUT2D eigenvalue weighted by atomic mass is 10.2. The number of nitrogens with zero attached hydrogens (tertiary/aromatic N) is 4. The number of nitro benzene ring substituents is 1. The average molecular weight is 312 g/mol. The fourth-order valence-corrected chi connectivity index (χ4v) is 1.95. The summed E-state index contributed by atoms with van der Waals surface area (Å²) >= 11 is 5.96. The van der Waals surface area contributed by atoms with Crippen LogP contribution in [0, 0.1) is 10.1 Å². The predicted octanol–water partition coefficient (Wildman–Crippen LogP) is 0.783. The third kappa shape index (κ3) is 3.15. The smallest absolute Gasteiger partial charge is 0.320 e. The maximum Gasteiger partial charge on any atom is 0.320 e. The number of nitro groups is 1. The lowest BCUT2D eigenvalue weighted by Crippen LogP contribution is -2.32. The van der Waals surface area contributed by atoms with Gasteiger partial charge in [-0.3, -0.25) is 14.9 Å². The third-order valence-electron chi connectivity index (χ3n) is 2.68. The maximum absolute atomic E-state index is 11.0. The van der Waals surface area contributed by atoms with Crippen LogP contribution in [0.2, 0.25) is 5.02 Å². The van der Waals surface area contributed by atoms with Crippen LogP contribution in [0.4, 0.5) is 5.69 Å². The molecule has 0 fully saturated rings. The molecule has 0 spiro atoms. The minimum absolute atomic E-state index is 0.0480. The summed E-state index contributed by atoms with van der Waals surface area (Å²) < 4.78 is 1.13. The van der Waals surface area contributed by atoms with Gasteiger partial charge in [-0.25, -0.2) is 4.68 Å². The van der Waals surface area contributed by atoms with E-state index in [2.05, 4.69) is 10.3 Å². The molecule has 3 N–H and O–H groups in total. The quantitative estimate of drug-likeness (QED) is 0.614. The van der Waals surface area contributed by atoms with Gasteiger partial charge in [0.1, 0.15) is 6.04 Å². The Hall–Kier alpha value is -2.52. The first kappa shape index (κ1) is 14.9. The zero-order valence-electron chi connectivity index (χ0n) is 10.5. The molecule has 0 aliphatic heterocycles. The first-order chi connectivity index (χ1) is 9.90. The largest absolute Gasteiger partial charge is 0.480 e. The fraction of sp³-hybridized carbons (Fsp3) is 0.182. The number of aromatic nitrogens is 3. The van der Waals surface area contributed by atoms with E-state index >= 15 is 0 Å². The van der Waals surface area contributed by atoms with Gasteiger partial charge in [0.25, 0.3) is 5.69 Å². The molecule has 2 aromatic rings. The maximum atomic E-state index is 11.0. The van der Waals surface area contributed by atoms with Crippen LogP contribution in [0.5, 0.6) is 0 Å². The second kappa shape index (κ2) is 5.85. The lowest BCUT2D eigenvalue weighted by molar-refractivity contribution is -0.384. The second-order valence-corrected chi connectivity index (χ2v) is 4.58. The molecule has 1 unspecified atom stereocenters. The van der Waals surface area contributed by atoms with Crippen molar-refractivity contribution in [1.82, 2.24) is 15.0 Å². The fourth-order valence-electron chi connectivity index (χ4n) is 1.69. The van der Waals surface area contributed by atoms with E-state index in [1.165, 1.54) is 24.4 Å². The first-order valence-corrected chi connectivity index (χ1v) is 6.11. The van der Waals surface area contributed by atoms with Crippen molar-refractivity contribution in [3.63, 3.8) is 0 Å². The number of hydrogen-bond acceptors (Lipinski definition) is 6. The third-order valence-corrected chi connectivity index (χ3v) is 2.98. The van der Waals surface area contributed by atoms with E-state index < -0.39 is 16.9 Å². The van der Waals surface area contributed by atoms with E-state index in [0.717, 1.165) is 4.68 Å². The molecule has 21 heavy (non-hydrogen) atoms. The highest BCUT2D eigenvalue weighted by molar-refractivity contribution is 6.32. The monoisotopic (exact) mass is 311 g/mol. The van der Waals surface area contributed by atoms with Gasteiger partial charge in [-0.05, 0) is 6.07 Å². The number of carboxylic acids is 1. The average Bonchev–Trinajstić information content (AvgIpc) is 2.86. The Morgan fingerprint density at radius 3 is 2.90 bits per heavy atom. The molecule has 110 valence electrons. The van der Waals surface area contributed by atoms with E-state index in [1.807, 2.05) is 0 Å². The zero-order valence-corrected chi connectivity index (χ0v) is 11.3. The molecule has 1 heterocycles. The number of halogens is 1. The molecule has 0 saturated heterocycles. The highest BCUT2D eigenvalue weighted by Crippen LogP contribution is 2.29. The second-order valence-electron chi connectivity index (χ2n) is 4.17. The number of aliphatic carboxylic acids is 1. The molecule has 1 aromatic heterocycles. The summed E-state index contributed by atoms with van der Waals surface area (Å²) in [5.41, 5.74) is 5.51. The van der Waals surface area contributed by atoms with Gasteiger partial charge in [-0.1, -0.05) is 22.9 Å². The van der Waals surface area contributed by atoms with Crippen molar-refractivity contribution in [2.24, 2.45) is 5.73 Å². The molecular weight excluding hydrogens is 302 g/mol. The van der Waals surface area contributed by atoms with Crippen molar-refractivity contribution in [3.8, 4) is 5.69 Å². The standard InChI is InChI=1S/C11H10ClN5O4/c12-7-2-1-3-9(17(20)21)10(7)16-5-6(14-15-16)4-8(13)11(18)19/h1-3,5,8H,4,13H2,(H,18,19). The number of carbonyl (C=O) groups is 1. The van der Waals surface area contributed by atoms with Crippen molar-refractivity contribution in [2.45, 2.75) is 12.5 Å². The predicted molar refractivity (Wildman–Crippen MR) is 72.3 cm³/mol. The minimum atomic E-state index is -1.17. The van der Waals surface area contributed by atoms with Crippen molar-refractivity contribution in [3.05, 3.63) is 45.2 Å². The van der Waals surface area contributed by atoms with Gasteiger partial charge in [0, 0.05) is 12.5 Å². The Morgan fingerprint density at radius 1 is 1.57 bits per heavy atom. The molecule has 0 radical (unpaired) electrons. The van der Waals surface area contributed by atoms with Crippen LogP contribution in [-0.2, 0) is 11.2 Å². The van der Waals surface area contributed by atoms with Crippen LogP contribution in [0.1, 0.15) is 5.69 Å². The zero-order chi connectivity index (χ0) is 15.6. The summed E-state index contributed by atoms with van der Waals surface area (Å²) in [4.78, 5) is 21.1. The number of para-hydroxylation sites is 1. The van der Waals surface area contributed by atoms with Crippen molar-refractivity contribution < 1.29 is 14.8 Å². The molecule has 0 aliphatic rings. The molecule has 0 amide bonds. The molecule has 9 nitrogen and oxygen atoms in total. The van der Waals surface area contributed by atoms with Gasteiger partial charge in [0.15, 0.2) is 5.69 Å². The number of benzene rings is 1. The number of rotatable bonds is 5. The molecule has 1 aromatic carbocycles. The molecule has 0 saturated carbocycles. The van der Waals surface area contributed by atoms with Crippen LogP contribution in [0.25, 0.3) is 5.69 Å². The van der Waals surface area contributed by atoms with Gasteiger partial charge in [0.2, 0.25) is 0 Å². The number of carboxylic acid groups (broad SMARTS) is 1. The van der Waals surface area contributed by atoms with Crippen LogP contribution >= 0.6 is 11.6 Å². The van der Waals surface area contributed by atoms with Gasteiger partial charge in [-0.2, -0.15) is 0 Å². The normalized spacial score (nSPS) is 12.1. The highest BCUT2D eigenvalue weighted by Gasteiger charge is 2.21. The molecule has 0 bridgehead atoms. The first-order valence-electron chi connectivity index (χ1n) is 5.73. The summed E-state index contributed by atoms with van der Waals surface area (Å²) in [6, 6.07) is 3.08. The Morgan fingerprint density at radius 2 is 2.29 bits per heavy atom. The van der Waals surface area contributed by atoms with Crippen LogP contribution < -0.4 is 5.73 Å². The van der Waals surface area contributed by atoms with E-state index in [1.54, 1.807) is 0 Å².